The van der Waals surface area contributed by atoms with Gasteiger partial charge in [-0.15, -0.1) is 0 Å². The van der Waals surface area contributed by atoms with Crippen molar-refractivity contribution in [2.24, 2.45) is 0 Å². The maximum atomic E-state index is 13.1. The fourth-order valence-electron chi connectivity index (χ4n) is 2.19. The number of amides is 1. The highest BCUT2D eigenvalue weighted by atomic mass is 79.9. The van der Waals surface area contributed by atoms with Gasteiger partial charge in [-0.3, -0.25) is 4.79 Å². The lowest BCUT2D eigenvalue weighted by atomic mass is 10.1. The second kappa shape index (κ2) is 8.10. The predicted octanol–water partition coefficient (Wildman–Crippen LogP) is 3.72. The van der Waals surface area contributed by atoms with Crippen molar-refractivity contribution in [3.63, 3.8) is 0 Å². The third-order valence-corrected chi connectivity index (χ3v) is 4.10. The van der Waals surface area contributed by atoms with Gasteiger partial charge in [0.05, 0.1) is 14.2 Å². The van der Waals surface area contributed by atoms with Crippen LogP contribution in [0.1, 0.15) is 15.9 Å². The Bertz CT molecular complexity index is 733. The fourth-order valence-corrected chi connectivity index (χ4v) is 2.71. The second-order valence-corrected chi connectivity index (χ2v) is 5.82. The van der Waals surface area contributed by atoms with Crippen LogP contribution in [0.25, 0.3) is 0 Å². The van der Waals surface area contributed by atoms with Crippen molar-refractivity contribution in [1.82, 2.24) is 5.32 Å². The number of carbonyl (C=O) groups excluding carboxylic acids is 1. The summed E-state index contributed by atoms with van der Waals surface area (Å²) >= 11 is 3.44. The smallest absolute Gasteiger partial charge is 0.251 e. The molecule has 7 heteroatoms. The van der Waals surface area contributed by atoms with E-state index < -0.39 is 17.5 Å². The Kier molecular flexibility index (Phi) is 6.14. The number of benzene rings is 2. The van der Waals surface area contributed by atoms with Crippen LogP contribution in [0.5, 0.6) is 11.5 Å². The summed E-state index contributed by atoms with van der Waals surface area (Å²) in [5.41, 5.74) is 0.845. The molecule has 4 nitrogen and oxygen atoms in total. The molecule has 0 heterocycles. The molecule has 128 valence electrons. The summed E-state index contributed by atoms with van der Waals surface area (Å²) in [6, 6.07) is 6.28. The van der Waals surface area contributed by atoms with E-state index in [-0.39, 0.29) is 5.56 Å². The van der Waals surface area contributed by atoms with Gasteiger partial charge < -0.3 is 14.8 Å². The highest BCUT2D eigenvalue weighted by Crippen LogP contribution is 2.33. The summed E-state index contributed by atoms with van der Waals surface area (Å²) in [7, 11) is 3.08. The maximum absolute atomic E-state index is 13.1. The topological polar surface area (TPSA) is 47.6 Å². The SMILES string of the molecule is COc1cc(Br)c(CCNC(=O)c2cc(F)cc(F)c2)cc1OC. The van der Waals surface area contributed by atoms with E-state index in [4.69, 9.17) is 9.47 Å². The monoisotopic (exact) mass is 399 g/mol. The third-order valence-electron chi connectivity index (χ3n) is 3.36. The molecular weight excluding hydrogens is 384 g/mol. The lowest BCUT2D eigenvalue weighted by molar-refractivity contribution is 0.0953. The Labute approximate surface area is 146 Å². The number of rotatable bonds is 6. The van der Waals surface area contributed by atoms with Gasteiger partial charge in [-0.25, -0.2) is 8.78 Å². The number of ether oxygens (including phenoxy) is 2. The standard InChI is InChI=1S/C17H16BrF2NO3/c1-23-15-7-10(14(18)9-16(15)24-2)3-4-21-17(22)11-5-12(19)8-13(20)6-11/h5-9H,3-4H2,1-2H3,(H,21,22). The Morgan fingerprint density at radius 1 is 1.04 bits per heavy atom. The fraction of sp³-hybridized carbons (Fsp3) is 0.235. The van der Waals surface area contributed by atoms with E-state index in [0.29, 0.717) is 24.5 Å². The Morgan fingerprint density at radius 2 is 1.62 bits per heavy atom. The average Bonchev–Trinajstić information content (AvgIpc) is 2.54. The minimum Gasteiger partial charge on any atom is -0.493 e. The zero-order valence-electron chi connectivity index (χ0n) is 13.2. The molecule has 0 spiro atoms. The Balaban J connectivity index is 2.02. The molecule has 1 amide bonds. The van der Waals surface area contributed by atoms with Gasteiger partial charge in [0.1, 0.15) is 11.6 Å². The molecule has 0 saturated heterocycles. The quantitative estimate of drug-likeness (QED) is 0.804. The van der Waals surface area contributed by atoms with Crippen molar-refractivity contribution in [3.05, 3.63) is 57.6 Å². The summed E-state index contributed by atoms with van der Waals surface area (Å²) in [5, 5.41) is 2.63. The van der Waals surface area contributed by atoms with E-state index in [9.17, 15) is 13.6 Å². The average molecular weight is 400 g/mol. The van der Waals surface area contributed by atoms with Crippen LogP contribution in [-0.2, 0) is 6.42 Å². The first-order valence-corrected chi connectivity index (χ1v) is 7.88. The minimum absolute atomic E-state index is 0.0566. The molecule has 2 rings (SSSR count). The molecule has 0 aliphatic carbocycles. The lowest BCUT2D eigenvalue weighted by Crippen LogP contribution is -2.26. The molecule has 2 aromatic carbocycles. The molecule has 0 aromatic heterocycles. The maximum Gasteiger partial charge on any atom is 0.251 e. The minimum atomic E-state index is -0.789. The number of hydrogen-bond donors (Lipinski definition) is 1. The zero-order valence-corrected chi connectivity index (χ0v) is 14.7. The van der Waals surface area contributed by atoms with Crippen LogP contribution in [0, 0.1) is 11.6 Å². The first-order valence-electron chi connectivity index (χ1n) is 7.09. The largest absolute Gasteiger partial charge is 0.493 e. The summed E-state index contributed by atoms with van der Waals surface area (Å²) in [6.07, 6.45) is 0.504. The molecule has 0 atom stereocenters. The summed E-state index contributed by atoms with van der Waals surface area (Å²) in [4.78, 5) is 11.9. The molecule has 2 aromatic rings. The normalized spacial score (nSPS) is 10.4. The molecule has 0 fully saturated rings. The van der Waals surface area contributed by atoms with Gasteiger partial charge in [0.15, 0.2) is 11.5 Å². The van der Waals surface area contributed by atoms with Crippen molar-refractivity contribution in [2.45, 2.75) is 6.42 Å². The number of halogens is 3. The van der Waals surface area contributed by atoms with Gasteiger partial charge in [-0.05, 0) is 36.2 Å². The van der Waals surface area contributed by atoms with Crippen LogP contribution in [0.4, 0.5) is 8.78 Å². The van der Waals surface area contributed by atoms with Crippen molar-refractivity contribution in [3.8, 4) is 11.5 Å². The van der Waals surface area contributed by atoms with Gasteiger partial charge in [0.25, 0.3) is 5.91 Å². The number of hydrogen-bond acceptors (Lipinski definition) is 3. The van der Waals surface area contributed by atoms with Crippen molar-refractivity contribution >= 4 is 21.8 Å². The highest BCUT2D eigenvalue weighted by molar-refractivity contribution is 9.10. The van der Waals surface area contributed by atoms with Gasteiger partial charge in [-0.1, -0.05) is 15.9 Å². The van der Waals surface area contributed by atoms with Crippen LogP contribution in [0.2, 0.25) is 0 Å². The van der Waals surface area contributed by atoms with Crippen molar-refractivity contribution < 1.29 is 23.0 Å². The molecule has 0 saturated carbocycles. The highest BCUT2D eigenvalue weighted by Gasteiger charge is 2.11. The molecule has 1 N–H and O–H groups in total. The molecule has 24 heavy (non-hydrogen) atoms. The first kappa shape index (κ1) is 18.2. The van der Waals surface area contributed by atoms with Crippen LogP contribution in [0.15, 0.2) is 34.8 Å². The second-order valence-electron chi connectivity index (χ2n) is 4.96. The molecule has 0 radical (unpaired) electrons. The first-order chi connectivity index (χ1) is 11.4. The number of methoxy groups -OCH3 is 2. The van der Waals surface area contributed by atoms with Gasteiger partial charge >= 0.3 is 0 Å². The van der Waals surface area contributed by atoms with E-state index in [1.807, 2.05) is 0 Å². The van der Waals surface area contributed by atoms with E-state index in [2.05, 4.69) is 21.2 Å². The summed E-state index contributed by atoms with van der Waals surface area (Å²) in [5.74, 6) is -0.947. The van der Waals surface area contributed by atoms with Crippen LogP contribution in [-0.4, -0.2) is 26.7 Å². The van der Waals surface area contributed by atoms with E-state index >= 15 is 0 Å². The molecule has 0 bridgehead atoms. The van der Waals surface area contributed by atoms with Crippen LogP contribution >= 0.6 is 15.9 Å². The third kappa shape index (κ3) is 4.44. The lowest BCUT2D eigenvalue weighted by Gasteiger charge is -2.12. The van der Waals surface area contributed by atoms with Crippen LogP contribution in [0.3, 0.4) is 0 Å². The Hall–Kier alpha value is -2.15. The Morgan fingerprint density at radius 3 is 2.21 bits per heavy atom. The van der Waals surface area contributed by atoms with Gasteiger partial charge in [0.2, 0.25) is 0 Å². The van der Waals surface area contributed by atoms with Gasteiger partial charge in [-0.2, -0.15) is 0 Å². The summed E-state index contributed by atoms with van der Waals surface area (Å²) in [6.45, 7) is 0.297. The van der Waals surface area contributed by atoms with Crippen molar-refractivity contribution in [1.29, 1.82) is 0 Å². The molecule has 0 unspecified atom stereocenters. The molecule has 0 aliphatic heterocycles. The van der Waals surface area contributed by atoms with E-state index in [1.165, 1.54) is 7.11 Å². The summed E-state index contributed by atoms with van der Waals surface area (Å²) < 4.78 is 37.5. The van der Waals surface area contributed by atoms with E-state index in [0.717, 1.165) is 28.2 Å². The zero-order chi connectivity index (χ0) is 17.7. The van der Waals surface area contributed by atoms with Crippen molar-refractivity contribution in [2.75, 3.05) is 20.8 Å². The number of carbonyl (C=O) groups is 1. The predicted molar refractivity (Wildman–Crippen MR) is 89.6 cm³/mol. The van der Waals surface area contributed by atoms with Gasteiger partial charge in [0, 0.05) is 22.6 Å². The molecular formula is C17H16BrF2NO3. The van der Waals surface area contributed by atoms with E-state index in [1.54, 1.807) is 19.2 Å². The molecule has 0 aliphatic rings. The number of nitrogens with one attached hydrogen (secondary N) is 1. The van der Waals surface area contributed by atoms with Crippen LogP contribution < -0.4 is 14.8 Å².